The molecule has 0 unspecified atom stereocenters. The highest BCUT2D eigenvalue weighted by molar-refractivity contribution is 5.97. The molecule has 2 heterocycles. The Balaban J connectivity index is 1.48. The fourth-order valence-electron chi connectivity index (χ4n) is 10.2. The van der Waals surface area contributed by atoms with Gasteiger partial charge in [0.25, 0.3) is 0 Å². The summed E-state index contributed by atoms with van der Waals surface area (Å²) in [7, 11) is 0. The molecule has 19 nitrogen and oxygen atoms in total. The Labute approximate surface area is 462 Å². The zero-order valence-electron chi connectivity index (χ0n) is 47.8. The molecule has 0 bridgehead atoms. The first kappa shape index (κ1) is 64.2. The fraction of sp³-hybridized carbons (Fsp3) is 0.644. The summed E-state index contributed by atoms with van der Waals surface area (Å²) in [5, 5.41) is 27.1. The van der Waals surface area contributed by atoms with Gasteiger partial charge in [0.15, 0.2) is 0 Å². The standard InChI is InChI=1S/C59H91N9O10/c1-11-38(9)49(60)55(73)66-51(39(10)12-2)56(74)63-43(31-35(3)4)53(71)65-50(37(7)8)58(76)68-30-20-26-47(68)57(75)67-29-19-25-46(67)54(72)61-42(33-40-21-15-13-16-22-40)27-28-48(69)62-44(34-41-23-17-14-18-24-41)52(70)64-45(59(77)78)32-36(5)6/h13-18,21-24,35-39,42-47,49-51H,11-12,19-20,25-34,60H2,1-10H3,(H,61,72)(H,62,69)(H,63,74)(H,64,70)(H,65,71)(H,66,73)(H,77,78)/t38-,39-,42-,43-,44-,45-,46-,47-,49-,50-,51-/m0/s1. The lowest BCUT2D eigenvalue weighted by Crippen LogP contribution is -2.61. The van der Waals surface area contributed by atoms with Crippen molar-refractivity contribution in [2.45, 2.75) is 201 Å². The number of likely N-dealkylation sites (tertiary alicyclic amines) is 2. The van der Waals surface area contributed by atoms with Crippen LogP contribution >= 0.6 is 0 Å². The number of hydrogen-bond acceptors (Lipinski definition) is 10. The van der Waals surface area contributed by atoms with E-state index in [2.05, 4.69) is 31.9 Å². The molecule has 2 aromatic carbocycles. The van der Waals surface area contributed by atoms with Gasteiger partial charge in [-0.15, -0.1) is 0 Å². The summed E-state index contributed by atoms with van der Waals surface area (Å²) in [5.74, 6) is -5.90. The van der Waals surface area contributed by atoms with Gasteiger partial charge in [-0.3, -0.25) is 38.4 Å². The van der Waals surface area contributed by atoms with Gasteiger partial charge in [0.05, 0.1) is 6.04 Å². The van der Waals surface area contributed by atoms with Gasteiger partial charge < -0.3 is 52.5 Å². The Morgan fingerprint density at radius 1 is 0.577 bits per heavy atom. The first-order chi connectivity index (χ1) is 36.9. The minimum atomic E-state index is -1.17. The highest BCUT2D eigenvalue weighted by Crippen LogP contribution is 2.27. The smallest absolute Gasteiger partial charge is 0.326 e. The van der Waals surface area contributed by atoms with Crippen LogP contribution in [0.25, 0.3) is 0 Å². The molecule has 0 aliphatic carbocycles. The van der Waals surface area contributed by atoms with Crippen LogP contribution < -0.4 is 37.6 Å². The summed E-state index contributed by atoms with van der Waals surface area (Å²) in [6.07, 6.45) is 4.06. The quantitative estimate of drug-likeness (QED) is 0.0543. The highest BCUT2D eigenvalue weighted by atomic mass is 16.4. The average Bonchev–Trinajstić information content (AvgIpc) is 4.12. The van der Waals surface area contributed by atoms with E-state index in [1.807, 2.05) is 116 Å². The first-order valence-electron chi connectivity index (χ1n) is 28.4. The van der Waals surface area contributed by atoms with Crippen molar-refractivity contribution in [3.63, 3.8) is 0 Å². The first-order valence-corrected chi connectivity index (χ1v) is 28.4. The summed E-state index contributed by atoms with van der Waals surface area (Å²) in [5.41, 5.74) is 7.89. The number of carboxylic acid groups (broad SMARTS) is 1. The van der Waals surface area contributed by atoms with E-state index in [0.717, 1.165) is 11.1 Å². The molecule has 19 heteroatoms. The number of hydrogen-bond donors (Lipinski definition) is 8. The molecule has 2 aliphatic heterocycles. The van der Waals surface area contributed by atoms with Crippen LogP contribution in [-0.2, 0) is 56.0 Å². The third-order valence-corrected chi connectivity index (χ3v) is 15.2. The third-order valence-electron chi connectivity index (χ3n) is 15.2. The van der Waals surface area contributed by atoms with Crippen molar-refractivity contribution in [3.8, 4) is 0 Å². The van der Waals surface area contributed by atoms with E-state index in [1.165, 1.54) is 9.80 Å². The number of amides is 8. The van der Waals surface area contributed by atoms with E-state index in [-0.39, 0.29) is 74.8 Å². The molecule has 0 radical (unpaired) electrons. The number of nitrogens with one attached hydrogen (secondary N) is 6. The second-order valence-corrected chi connectivity index (χ2v) is 22.9. The molecule has 2 saturated heterocycles. The minimum Gasteiger partial charge on any atom is -0.480 e. The van der Waals surface area contributed by atoms with Crippen molar-refractivity contribution in [1.29, 1.82) is 0 Å². The van der Waals surface area contributed by atoms with Crippen LogP contribution in [0.3, 0.4) is 0 Å². The third kappa shape index (κ3) is 19.2. The van der Waals surface area contributed by atoms with Crippen molar-refractivity contribution in [2.24, 2.45) is 35.3 Å². The lowest BCUT2D eigenvalue weighted by atomic mass is 9.94. The maximum atomic E-state index is 14.7. The molecule has 78 heavy (non-hydrogen) atoms. The molecule has 4 rings (SSSR count). The summed E-state index contributed by atoms with van der Waals surface area (Å²) < 4.78 is 0. The van der Waals surface area contributed by atoms with Crippen LogP contribution in [0.5, 0.6) is 0 Å². The molecule has 2 aliphatic rings. The Morgan fingerprint density at radius 2 is 1.09 bits per heavy atom. The molecular formula is C59H91N9O10. The van der Waals surface area contributed by atoms with Crippen molar-refractivity contribution < 1.29 is 48.3 Å². The SMILES string of the molecule is CC[C@H](C)[C@H](N)C(=O)N[C@H](C(=O)N[C@@H](CC(C)C)C(=O)N[C@H](C(=O)N1CCC[C@H]1C(=O)N1CCC[C@H]1C(=O)N[C@@H](CCC(=O)N[C@@H](Cc1ccccc1)C(=O)N[C@@H](CC(C)C)C(=O)O)Cc1ccccc1)C(C)C)[C@@H](C)CC. The fourth-order valence-corrected chi connectivity index (χ4v) is 10.2. The zero-order valence-corrected chi connectivity index (χ0v) is 47.8. The Kier molecular flexibility index (Phi) is 25.7. The van der Waals surface area contributed by atoms with E-state index < -0.39 is 108 Å². The van der Waals surface area contributed by atoms with Gasteiger partial charge in [0.2, 0.25) is 47.3 Å². The van der Waals surface area contributed by atoms with Crippen molar-refractivity contribution >= 4 is 53.2 Å². The summed E-state index contributed by atoms with van der Waals surface area (Å²) in [6, 6.07) is 10.1. The maximum absolute atomic E-state index is 14.7. The lowest BCUT2D eigenvalue weighted by molar-refractivity contribution is -0.148. The van der Waals surface area contributed by atoms with Crippen molar-refractivity contribution in [2.75, 3.05) is 13.1 Å². The van der Waals surface area contributed by atoms with Gasteiger partial charge in [0.1, 0.15) is 42.3 Å². The molecule has 0 saturated carbocycles. The predicted molar refractivity (Wildman–Crippen MR) is 299 cm³/mol. The van der Waals surface area contributed by atoms with Crippen LogP contribution in [0.15, 0.2) is 60.7 Å². The van der Waals surface area contributed by atoms with Crippen LogP contribution in [-0.4, -0.2) is 136 Å². The van der Waals surface area contributed by atoms with Gasteiger partial charge in [-0.25, -0.2) is 4.79 Å². The second kappa shape index (κ2) is 31.3. The van der Waals surface area contributed by atoms with E-state index in [9.17, 15) is 48.3 Å². The molecule has 11 atom stereocenters. The molecule has 2 aromatic rings. The van der Waals surface area contributed by atoms with Crippen LogP contribution in [0.4, 0.5) is 0 Å². The Bertz CT molecular complexity index is 2320. The zero-order chi connectivity index (χ0) is 57.8. The van der Waals surface area contributed by atoms with Gasteiger partial charge in [0, 0.05) is 32.0 Å². The second-order valence-electron chi connectivity index (χ2n) is 22.9. The lowest BCUT2D eigenvalue weighted by Gasteiger charge is -2.35. The number of rotatable bonds is 30. The molecule has 8 amide bonds. The highest BCUT2D eigenvalue weighted by Gasteiger charge is 2.45. The molecule has 0 spiro atoms. The molecule has 2 fully saturated rings. The van der Waals surface area contributed by atoms with E-state index in [4.69, 9.17) is 5.73 Å². The number of carbonyl (C=O) groups excluding carboxylic acids is 8. The number of carboxylic acids is 1. The van der Waals surface area contributed by atoms with Gasteiger partial charge >= 0.3 is 5.97 Å². The van der Waals surface area contributed by atoms with E-state index in [0.29, 0.717) is 44.9 Å². The molecule has 432 valence electrons. The van der Waals surface area contributed by atoms with Gasteiger partial charge in [-0.05, 0) is 92.1 Å². The minimum absolute atomic E-state index is 0.0132. The summed E-state index contributed by atoms with van der Waals surface area (Å²) in [4.78, 5) is 128. The Morgan fingerprint density at radius 3 is 1.64 bits per heavy atom. The van der Waals surface area contributed by atoms with Crippen LogP contribution in [0.1, 0.15) is 145 Å². The summed E-state index contributed by atoms with van der Waals surface area (Å²) >= 11 is 0. The largest absolute Gasteiger partial charge is 0.480 e. The number of carbonyl (C=O) groups is 9. The topological polar surface area (TPSA) is 279 Å². The predicted octanol–water partition coefficient (Wildman–Crippen LogP) is 4.40. The number of benzene rings is 2. The Hall–Kier alpha value is -6.37. The molecular weight excluding hydrogens is 995 g/mol. The van der Waals surface area contributed by atoms with E-state index in [1.54, 1.807) is 13.8 Å². The number of aliphatic carboxylic acids is 1. The molecule has 0 aromatic heterocycles. The van der Waals surface area contributed by atoms with Crippen LogP contribution in [0, 0.1) is 29.6 Å². The van der Waals surface area contributed by atoms with Gasteiger partial charge in [-0.2, -0.15) is 0 Å². The number of nitrogens with two attached hydrogens (primary N) is 1. The molecule has 9 N–H and O–H groups in total. The van der Waals surface area contributed by atoms with Crippen molar-refractivity contribution in [1.82, 2.24) is 41.7 Å². The summed E-state index contributed by atoms with van der Waals surface area (Å²) in [6.45, 7) is 19.2. The normalized spacial score (nSPS) is 18.9. The van der Waals surface area contributed by atoms with Crippen LogP contribution in [0.2, 0.25) is 0 Å². The average molecular weight is 1090 g/mol. The van der Waals surface area contributed by atoms with Gasteiger partial charge in [-0.1, -0.05) is 143 Å². The van der Waals surface area contributed by atoms with E-state index >= 15 is 0 Å². The van der Waals surface area contributed by atoms with Crippen molar-refractivity contribution in [3.05, 3.63) is 71.8 Å². The maximum Gasteiger partial charge on any atom is 0.326 e. The number of nitrogens with zero attached hydrogens (tertiary/aromatic N) is 2. The monoisotopic (exact) mass is 1090 g/mol.